The number of aromatic nitrogens is 1. The van der Waals surface area contributed by atoms with Crippen LogP contribution in [0.4, 0.5) is 0 Å². The Hall–Kier alpha value is -0.203. The molecule has 0 spiro atoms. The molecule has 1 N–H and O–H groups in total. The number of rotatable bonds is 6. The zero-order chi connectivity index (χ0) is 16.3. The zero-order valence-electron chi connectivity index (χ0n) is 13.7. The van der Waals surface area contributed by atoms with Gasteiger partial charge in [0.05, 0.1) is 16.8 Å². The molecule has 0 radical (unpaired) electrons. The molecule has 0 amide bonds. The molecule has 1 atom stereocenters. The summed E-state index contributed by atoms with van der Waals surface area (Å²) in [4.78, 5) is 4.39. The van der Waals surface area contributed by atoms with E-state index in [1.54, 1.807) is 11.3 Å². The Balaban J connectivity index is 2.93. The normalized spacial score (nSPS) is 15.3. The number of nitrogens with zero attached hydrogens (tertiary/aromatic N) is 1. The summed E-state index contributed by atoms with van der Waals surface area (Å²) in [6.45, 7) is 13.0. The summed E-state index contributed by atoms with van der Waals surface area (Å²) >= 11 is 8.03. The molecular formula is C15H26ClNO2SSi. The van der Waals surface area contributed by atoms with Crippen molar-refractivity contribution < 1.29 is 9.53 Å². The van der Waals surface area contributed by atoms with Gasteiger partial charge in [0, 0.05) is 23.4 Å². The highest BCUT2D eigenvalue weighted by molar-refractivity contribution is 7.09. The summed E-state index contributed by atoms with van der Waals surface area (Å²) in [6, 6.07) is 0. The Bertz CT molecular complexity index is 494. The van der Waals surface area contributed by atoms with Crippen molar-refractivity contribution in [1.29, 1.82) is 0 Å². The van der Waals surface area contributed by atoms with Crippen LogP contribution >= 0.6 is 22.9 Å². The van der Waals surface area contributed by atoms with Crippen LogP contribution < -0.4 is 0 Å². The molecule has 1 aromatic rings. The fourth-order valence-corrected chi connectivity index (χ4v) is 3.80. The molecule has 21 heavy (non-hydrogen) atoms. The first kappa shape index (κ1) is 18.8. The van der Waals surface area contributed by atoms with Crippen LogP contribution in [0.5, 0.6) is 0 Å². The average molecular weight is 348 g/mol. The van der Waals surface area contributed by atoms with Crippen LogP contribution in [0.3, 0.4) is 0 Å². The largest absolute Gasteiger partial charge is 0.409 e. The summed E-state index contributed by atoms with van der Waals surface area (Å²) in [7, 11) is -1.93. The first-order valence-corrected chi connectivity index (χ1v) is 11.3. The van der Waals surface area contributed by atoms with Gasteiger partial charge in [-0.15, -0.1) is 11.3 Å². The highest BCUT2D eigenvalue weighted by Crippen LogP contribution is 2.39. The smallest absolute Gasteiger partial charge is 0.192 e. The Morgan fingerprint density at radius 3 is 2.57 bits per heavy atom. The van der Waals surface area contributed by atoms with Crippen LogP contribution in [0.15, 0.2) is 10.4 Å². The highest BCUT2D eigenvalue weighted by atomic mass is 35.5. The standard InChI is InChI=1S/C15H26ClNO2SSi/c1-11-17-12(10-20-11)9-13(16)14(7-8-18)19-21(5,6)15(2,3)4/h9-10,14,18H,7-8H2,1-6H3/b13-9+/t14-/m0/s1. The molecule has 0 aromatic carbocycles. The Morgan fingerprint density at radius 1 is 1.52 bits per heavy atom. The fraction of sp³-hybridized carbons (Fsp3) is 0.667. The molecule has 1 heterocycles. The minimum absolute atomic E-state index is 0.0550. The van der Waals surface area contributed by atoms with Gasteiger partial charge in [-0.25, -0.2) is 4.98 Å². The van der Waals surface area contributed by atoms with E-state index >= 15 is 0 Å². The highest BCUT2D eigenvalue weighted by Gasteiger charge is 2.39. The summed E-state index contributed by atoms with van der Waals surface area (Å²) in [6.07, 6.45) is 2.09. The SMILES string of the molecule is Cc1nc(/C=C(/Cl)[C@H](CCO)O[Si](C)(C)C(C)(C)C)cs1. The van der Waals surface area contributed by atoms with E-state index in [4.69, 9.17) is 16.0 Å². The van der Waals surface area contributed by atoms with Gasteiger partial charge in [0.1, 0.15) is 0 Å². The lowest BCUT2D eigenvalue weighted by molar-refractivity contribution is 0.172. The molecule has 3 nitrogen and oxygen atoms in total. The molecule has 0 fully saturated rings. The van der Waals surface area contributed by atoms with E-state index < -0.39 is 8.32 Å². The van der Waals surface area contributed by atoms with Gasteiger partial charge >= 0.3 is 0 Å². The lowest BCUT2D eigenvalue weighted by Crippen LogP contribution is -2.44. The van der Waals surface area contributed by atoms with E-state index in [2.05, 4.69) is 38.8 Å². The van der Waals surface area contributed by atoms with Crippen molar-refractivity contribution in [2.75, 3.05) is 6.61 Å². The number of hydrogen-bond donors (Lipinski definition) is 1. The third-order valence-corrected chi connectivity index (χ3v) is 9.49. The minimum atomic E-state index is -1.93. The maximum Gasteiger partial charge on any atom is 0.192 e. The number of aliphatic hydroxyl groups excluding tert-OH is 1. The van der Waals surface area contributed by atoms with Crippen molar-refractivity contribution >= 4 is 37.3 Å². The molecule has 0 bridgehead atoms. The van der Waals surface area contributed by atoms with Gasteiger partial charge in [-0.2, -0.15) is 0 Å². The van der Waals surface area contributed by atoms with Crippen LogP contribution in [-0.4, -0.2) is 31.1 Å². The van der Waals surface area contributed by atoms with E-state index in [-0.39, 0.29) is 17.7 Å². The van der Waals surface area contributed by atoms with E-state index in [1.165, 1.54) is 0 Å². The number of aryl methyl sites for hydroxylation is 1. The molecule has 1 aromatic heterocycles. The minimum Gasteiger partial charge on any atom is -0.409 e. The van der Waals surface area contributed by atoms with Gasteiger partial charge in [0.15, 0.2) is 8.32 Å². The maximum atomic E-state index is 9.29. The molecule has 0 aliphatic heterocycles. The molecule has 120 valence electrons. The first-order valence-electron chi connectivity index (χ1n) is 7.15. The molecule has 1 rings (SSSR count). The second kappa shape index (κ2) is 7.37. The molecule has 6 heteroatoms. The van der Waals surface area contributed by atoms with E-state index in [0.29, 0.717) is 11.5 Å². The van der Waals surface area contributed by atoms with Gasteiger partial charge in [0.25, 0.3) is 0 Å². The van der Waals surface area contributed by atoms with Crippen LogP contribution in [0, 0.1) is 6.92 Å². The second-order valence-electron chi connectivity index (χ2n) is 6.70. The van der Waals surface area contributed by atoms with Gasteiger partial charge in [-0.05, 0) is 31.1 Å². The molecule has 0 aliphatic rings. The Morgan fingerprint density at radius 2 is 2.14 bits per heavy atom. The molecule has 0 unspecified atom stereocenters. The lowest BCUT2D eigenvalue weighted by atomic mass is 10.2. The predicted octanol–water partition coefficient (Wildman–Crippen LogP) is 4.80. The van der Waals surface area contributed by atoms with Crippen LogP contribution in [0.25, 0.3) is 6.08 Å². The summed E-state index contributed by atoms with van der Waals surface area (Å²) < 4.78 is 6.34. The van der Waals surface area contributed by atoms with E-state index in [9.17, 15) is 5.11 Å². The van der Waals surface area contributed by atoms with Gasteiger partial charge in [-0.3, -0.25) is 0 Å². The van der Waals surface area contributed by atoms with Gasteiger partial charge < -0.3 is 9.53 Å². The zero-order valence-corrected chi connectivity index (χ0v) is 16.3. The van der Waals surface area contributed by atoms with Gasteiger partial charge in [-0.1, -0.05) is 32.4 Å². The van der Waals surface area contributed by atoms with Crippen molar-refractivity contribution in [2.45, 2.75) is 58.4 Å². The average Bonchev–Trinajstić information content (AvgIpc) is 2.72. The molecular weight excluding hydrogens is 322 g/mol. The third-order valence-electron chi connectivity index (χ3n) is 3.86. The maximum absolute atomic E-state index is 9.29. The summed E-state index contributed by atoms with van der Waals surface area (Å²) in [5.41, 5.74) is 0.851. The Kier molecular flexibility index (Phi) is 6.62. The predicted molar refractivity (Wildman–Crippen MR) is 94.5 cm³/mol. The quantitative estimate of drug-likeness (QED) is 0.751. The third kappa shape index (κ3) is 5.49. The molecule has 0 saturated heterocycles. The van der Waals surface area contributed by atoms with Crippen molar-refractivity contribution in [3.63, 3.8) is 0 Å². The number of aliphatic hydroxyl groups is 1. The van der Waals surface area contributed by atoms with Crippen molar-refractivity contribution in [3.8, 4) is 0 Å². The number of halogens is 1. The lowest BCUT2D eigenvalue weighted by Gasteiger charge is -2.39. The first-order chi connectivity index (χ1) is 9.56. The number of hydrogen-bond acceptors (Lipinski definition) is 4. The monoisotopic (exact) mass is 347 g/mol. The fourth-order valence-electron chi connectivity index (χ4n) is 1.58. The molecule has 0 saturated carbocycles. The van der Waals surface area contributed by atoms with Crippen molar-refractivity contribution in [1.82, 2.24) is 4.98 Å². The van der Waals surface area contributed by atoms with E-state index in [0.717, 1.165) is 10.7 Å². The van der Waals surface area contributed by atoms with Crippen molar-refractivity contribution in [2.24, 2.45) is 0 Å². The number of thiazole rings is 1. The van der Waals surface area contributed by atoms with Crippen LogP contribution in [-0.2, 0) is 4.43 Å². The Labute approximate surface area is 138 Å². The van der Waals surface area contributed by atoms with Crippen molar-refractivity contribution in [3.05, 3.63) is 21.1 Å². The van der Waals surface area contributed by atoms with E-state index in [1.807, 2.05) is 18.4 Å². The van der Waals surface area contributed by atoms with Gasteiger partial charge in [0.2, 0.25) is 0 Å². The van der Waals surface area contributed by atoms with Crippen LogP contribution in [0.1, 0.15) is 37.9 Å². The van der Waals surface area contributed by atoms with Crippen LogP contribution in [0.2, 0.25) is 18.1 Å². The summed E-state index contributed by atoms with van der Waals surface area (Å²) in [5.74, 6) is 0. The molecule has 0 aliphatic carbocycles. The summed E-state index contributed by atoms with van der Waals surface area (Å²) in [5, 5.41) is 13.0. The second-order valence-corrected chi connectivity index (χ2v) is 13.0. The topological polar surface area (TPSA) is 42.4 Å².